The molecule has 1 atom stereocenters. The molecule has 0 saturated carbocycles. The van der Waals surface area contributed by atoms with Gasteiger partial charge in [0, 0.05) is 0 Å². The van der Waals surface area contributed by atoms with Crippen molar-refractivity contribution in [2.75, 3.05) is 0 Å². The van der Waals surface area contributed by atoms with Crippen molar-refractivity contribution in [2.45, 2.75) is 33.3 Å². The topological polar surface area (TPSA) is 37.3 Å². The molecule has 0 aromatic carbocycles. The summed E-state index contributed by atoms with van der Waals surface area (Å²) in [4.78, 5) is 10.4. The second-order valence-electron chi connectivity index (χ2n) is 3.06. The van der Waals surface area contributed by atoms with E-state index in [1.165, 1.54) is 13.0 Å². The summed E-state index contributed by atoms with van der Waals surface area (Å²) < 4.78 is 0. The fraction of sp³-hybridized carbons (Fsp3) is 0.667. The molecule has 0 saturated heterocycles. The van der Waals surface area contributed by atoms with Gasteiger partial charge in [-0.1, -0.05) is 19.9 Å². The Morgan fingerprint density at radius 1 is 1.55 bits per heavy atom. The van der Waals surface area contributed by atoms with Crippen LogP contribution in [-0.4, -0.2) is 17.0 Å². The van der Waals surface area contributed by atoms with Gasteiger partial charge in [-0.3, -0.25) is 4.79 Å². The first-order valence-electron chi connectivity index (χ1n) is 3.89. The lowest BCUT2D eigenvalue weighted by Crippen LogP contribution is -2.12. The second-order valence-corrected chi connectivity index (χ2v) is 3.06. The lowest BCUT2D eigenvalue weighted by Gasteiger charge is -2.10. The highest BCUT2D eigenvalue weighted by Gasteiger charge is 2.05. The van der Waals surface area contributed by atoms with Gasteiger partial charge < -0.3 is 5.11 Å². The second kappa shape index (κ2) is 5.08. The van der Waals surface area contributed by atoms with Gasteiger partial charge in [-0.15, -0.1) is 0 Å². The minimum Gasteiger partial charge on any atom is -0.393 e. The Morgan fingerprint density at radius 3 is 2.45 bits per heavy atom. The molecule has 0 aromatic rings. The number of ketones is 1. The standard InChI is InChI=1S/C9H16O2/c1-7(2)9(11)6-4-5-8(3)10/h4-5,7,9,11H,6H2,1-3H3/b5-4+. The van der Waals surface area contributed by atoms with Gasteiger partial charge in [0.05, 0.1) is 6.10 Å². The SMILES string of the molecule is CC(=O)/C=C/CC(O)C(C)C. The normalized spacial score (nSPS) is 14.3. The van der Waals surface area contributed by atoms with E-state index in [0.717, 1.165) is 0 Å². The highest BCUT2D eigenvalue weighted by Crippen LogP contribution is 2.05. The average Bonchev–Trinajstić information content (AvgIpc) is 1.86. The molecule has 0 rings (SSSR count). The van der Waals surface area contributed by atoms with Crippen molar-refractivity contribution < 1.29 is 9.90 Å². The summed E-state index contributed by atoms with van der Waals surface area (Å²) in [5.41, 5.74) is 0. The van der Waals surface area contributed by atoms with Gasteiger partial charge >= 0.3 is 0 Å². The van der Waals surface area contributed by atoms with Crippen LogP contribution >= 0.6 is 0 Å². The minimum atomic E-state index is -0.328. The van der Waals surface area contributed by atoms with E-state index in [2.05, 4.69) is 0 Å². The quantitative estimate of drug-likeness (QED) is 0.627. The van der Waals surface area contributed by atoms with Crippen LogP contribution in [0.4, 0.5) is 0 Å². The molecular weight excluding hydrogens is 140 g/mol. The number of carbonyl (C=O) groups excluding carboxylic acids is 1. The van der Waals surface area contributed by atoms with Gasteiger partial charge in [-0.2, -0.15) is 0 Å². The number of hydrogen-bond donors (Lipinski definition) is 1. The monoisotopic (exact) mass is 156 g/mol. The zero-order chi connectivity index (χ0) is 8.85. The number of carbonyl (C=O) groups is 1. The summed E-state index contributed by atoms with van der Waals surface area (Å²) in [6, 6.07) is 0. The molecule has 2 nitrogen and oxygen atoms in total. The van der Waals surface area contributed by atoms with Crippen molar-refractivity contribution in [3.8, 4) is 0 Å². The molecular formula is C9H16O2. The molecule has 0 radical (unpaired) electrons. The first-order chi connectivity index (χ1) is 5.04. The van der Waals surface area contributed by atoms with E-state index in [0.29, 0.717) is 6.42 Å². The number of rotatable bonds is 4. The van der Waals surface area contributed by atoms with E-state index >= 15 is 0 Å². The van der Waals surface area contributed by atoms with Crippen LogP contribution in [0.1, 0.15) is 27.2 Å². The fourth-order valence-electron chi connectivity index (χ4n) is 0.646. The van der Waals surface area contributed by atoms with E-state index in [1.54, 1.807) is 6.08 Å². The Morgan fingerprint density at radius 2 is 2.09 bits per heavy atom. The Labute approximate surface area is 67.9 Å². The Kier molecular flexibility index (Phi) is 4.79. The summed E-state index contributed by atoms with van der Waals surface area (Å²) in [6.45, 7) is 5.40. The third-order valence-corrected chi connectivity index (χ3v) is 1.50. The smallest absolute Gasteiger partial charge is 0.152 e. The van der Waals surface area contributed by atoms with Crippen LogP contribution in [0.5, 0.6) is 0 Å². The number of aliphatic hydroxyl groups is 1. The van der Waals surface area contributed by atoms with Crippen molar-refractivity contribution in [1.82, 2.24) is 0 Å². The lowest BCUT2D eigenvalue weighted by molar-refractivity contribution is -0.112. The predicted octanol–water partition coefficient (Wildman–Crippen LogP) is 1.54. The van der Waals surface area contributed by atoms with Gasteiger partial charge in [0.2, 0.25) is 0 Å². The lowest BCUT2D eigenvalue weighted by atomic mass is 10.0. The first kappa shape index (κ1) is 10.4. The van der Waals surface area contributed by atoms with Crippen LogP contribution in [0.25, 0.3) is 0 Å². The maximum Gasteiger partial charge on any atom is 0.152 e. The molecule has 0 fully saturated rings. The summed E-state index contributed by atoms with van der Waals surface area (Å²) in [5.74, 6) is 0.285. The third kappa shape index (κ3) is 5.80. The van der Waals surface area contributed by atoms with E-state index in [9.17, 15) is 9.90 Å². The van der Waals surface area contributed by atoms with Crippen molar-refractivity contribution in [2.24, 2.45) is 5.92 Å². The average molecular weight is 156 g/mol. The predicted molar refractivity (Wildman–Crippen MR) is 45.3 cm³/mol. The Balaban J connectivity index is 3.61. The Hall–Kier alpha value is -0.630. The summed E-state index contributed by atoms with van der Waals surface area (Å²) in [5, 5.41) is 9.28. The third-order valence-electron chi connectivity index (χ3n) is 1.50. The largest absolute Gasteiger partial charge is 0.393 e. The van der Waals surface area contributed by atoms with Crippen molar-refractivity contribution in [3.05, 3.63) is 12.2 Å². The van der Waals surface area contributed by atoms with Crippen molar-refractivity contribution in [1.29, 1.82) is 0 Å². The van der Waals surface area contributed by atoms with E-state index in [-0.39, 0.29) is 17.8 Å². The van der Waals surface area contributed by atoms with Gasteiger partial charge in [0.15, 0.2) is 5.78 Å². The fourth-order valence-corrected chi connectivity index (χ4v) is 0.646. The number of allylic oxidation sites excluding steroid dienone is 1. The molecule has 2 heteroatoms. The molecule has 0 heterocycles. The summed E-state index contributed by atoms with van der Waals surface area (Å²) in [7, 11) is 0. The molecule has 0 amide bonds. The van der Waals surface area contributed by atoms with Crippen molar-refractivity contribution >= 4 is 5.78 Å². The molecule has 1 N–H and O–H groups in total. The van der Waals surface area contributed by atoms with E-state index < -0.39 is 0 Å². The molecule has 1 unspecified atom stereocenters. The minimum absolute atomic E-state index is 0.0287. The molecule has 0 aliphatic carbocycles. The molecule has 0 aromatic heterocycles. The number of hydrogen-bond acceptors (Lipinski definition) is 2. The number of aliphatic hydroxyl groups excluding tert-OH is 1. The van der Waals surface area contributed by atoms with E-state index in [4.69, 9.17) is 0 Å². The van der Waals surface area contributed by atoms with Crippen molar-refractivity contribution in [3.63, 3.8) is 0 Å². The zero-order valence-electron chi connectivity index (χ0n) is 7.37. The van der Waals surface area contributed by atoms with Crippen LogP contribution in [0.15, 0.2) is 12.2 Å². The maximum atomic E-state index is 10.4. The highest BCUT2D eigenvalue weighted by molar-refractivity contribution is 5.87. The summed E-state index contributed by atoms with van der Waals surface area (Å²) >= 11 is 0. The van der Waals surface area contributed by atoms with Gasteiger partial charge in [0.25, 0.3) is 0 Å². The van der Waals surface area contributed by atoms with Gasteiger partial charge in [-0.05, 0) is 25.3 Å². The zero-order valence-corrected chi connectivity index (χ0v) is 7.37. The van der Waals surface area contributed by atoms with Crippen LogP contribution in [0.2, 0.25) is 0 Å². The molecule has 0 aliphatic rings. The molecule has 0 aliphatic heterocycles. The maximum absolute atomic E-state index is 10.4. The molecule has 64 valence electrons. The molecule has 0 spiro atoms. The summed E-state index contributed by atoms with van der Waals surface area (Å²) in [6.07, 6.45) is 3.45. The van der Waals surface area contributed by atoms with Crippen LogP contribution in [-0.2, 0) is 4.79 Å². The van der Waals surface area contributed by atoms with Gasteiger partial charge in [0.1, 0.15) is 0 Å². The van der Waals surface area contributed by atoms with Crippen LogP contribution in [0, 0.1) is 5.92 Å². The Bertz CT molecular complexity index is 148. The molecule has 0 bridgehead atoms. The van der Waals surface area contributed by atoms with Crippen LogP contribution in [0.3, 0.4) is 0 Å². The van der Waals surface area contributed by atoms with E-state index in [1.807, 2.05) is 13.8 Å². The highest BCUT2D eigenvalue weighted by atomic mass is 16.3. The van der Waals surface area contributed by atoms with Gasteiger partial charge in [-0.25, -0.2) is 0 Å². The van der Waals surface area contributed by atoms with Crippen LogP contribution < -0.4 is 0 Å². The molecule has 11 heavy (non-hydrogen) atoms. The first-order valence-corrected chi connectivity index (χ1v) is 3.89.